The third kappa shape index (κ3) is 3.10. The van der Waals surface area contributed by atoms with E-state index >= 15 is 0 Å². The average Bonchev–Trinajstić information content (AvgIpc) is 1.67. The molecule has 0 amide bonds. The highest BCUT2D eigenvalue weighted by molar-refractivity contribution is 7.47. The number of hydrogen-bond donors (Lipinski definition) is 1. The molecule has 0 aromatic rings. The second-order valence-corrected chi connectivity index (χ2v) is 3.23. The van der Waals surface area contributed by atoms with E-state index in [0.29, 0.717) is 0 Å². The molecule has 0 radical (unpaired) electrons. The SMILES string of the molecule is CN/C=[P+](\[O-])N(C)C. The van der Waals surface area contributed by atoms with Crippen molar-refractivity contribution in [1.82, 2.24) is 9.99 Å². The van der Waals surface area contributed by atoms with Crippen molar-refractivity contribution in [3.05, 3.63) is 0 Å². The predicted molar refractivity (Wildman–Crippen MR) is 35.7 cm³/mol. The van der Waals surface area contributed by atoms with Gasteiger partial charge in [0.2, 0.25) is 0 Å². The maximum Gasteiger partial charge on any atom is 0.168 e. The van der Waals surface area contributed by atoms with Crippen molar-refractivity contribution in [2.24, 2.45) is 0 Å². The van der Waals surface area contributed by atoms with Crippen LogP contribution in [-0.4, -0.2) is 31.7 Å². The molecule has 1 atom stereocenters. The minimum atomic E-state index is -1.29. The third-order valence-corrected chi connectivity index (χ3v) is 1.90. The summed E-state index contributed by atoms with van der Waals surface area (Å²) in [4.78, 5) is 10.7. The van der Waals surface area contributed by atoms with Gasteiger partial charge in [-0.1, -0.05) is 0 Å². The number of rotatable bonds is 2. The Morgan fingerprint density at radius 2 is 2.12 bits per heavy atom. The fourth-order valence-electron chi connectivity index (χ4n) is 0.226. The van der Waals surface area contributed by atoms with Gasteiger partial charge >= 0.3 is 0 Å². The van der Waals surface area contributed by atoms with Gasteiger partial charge in [-0.15, -0.1) is 4.67 Å². The summed E-state index contributed by atoms with van der Waals surface area (Å²) in [7, 11) is 3.98. The van der Waals surface area contributed by atoms with Crippen LogP contribution in [0.25, 0.3) is 0 Å². The highest BCUT2D eigenvalue weighted by atomic mass is 31.1. The second-order valence-electron chi connectivity index (χ2n) is 1.57. The quantitative estimate of drug-likeness (QED) is 0.502. The van der Waals surface area contributed by atoms with Crippen LogP contribution in [0.5, 0.6) is 0 Å². The fraction of sp³-hybridized carbons (Fsp3) is 0.750. The van der Waals surface area contributed by atoms with Crippen molar-refractivity contribution in [3.8, 4) is 0 Å². The van der Waals surface area contributed by atoms with E-state index in [1.165, 1.54) is 0 Å². The van der Waals surface area contributed by atoms with Crippen LogP contribution >= 0.6 is 7.92 Å². The van der Waals surface area contributed by atoms with Crippen molar-refractivity contribution >= 4 is 13.8 Å². The van der Waals surface area contributed by atoms with Crippen LogP contribution in [-0.2, 0) is 0 Å². The van der Waals surface area contributed by atoms with Crippen LogP contribution in [0.4, 0.5) is 0 Å². The molecular formula is C4H11N2OP. The summed E-state index contributed by atoms with van der Waals surface area (Å²) in [5, 5.41) is 2.70. The lowest BCUT2D eigenvalue weighted by molar-refractivity contribution is -0.161. The Kier molecular flexibility index (Phi) is 4.01. The van der Waals surface area contributed by atoms with Gasteiger partial charge in [-0.3, -0.25) is 5.32 Å². The van der Waals surface area contributed by atoms with Gasteiger partial charge < -0.3 is 4.89 Å². The summed E-state index contributed by atoms with van der Waals surface area (Å²) < 4.78 is 1.64. The van der Waals surface area contributed by atoms with E-state index in [1.54, 1.807) is 31.7 Å². The molecule has 0 spiro atoms. The Hall–Kier alpha value is 0.0500. The molecule has 4 heteroatoms. The van der Waals surface area contributed by atoms with Crippen LogP contribution in [0.3, 0.4) is 0 Å². The molecule has 0 aliphatic carbocycles. The van der Waals surface area contributed by atoms with Gasteiger partial charge in [0.05, 0.1) is 0 Å². The molecule has 48 valence electrons. The molecule has 0 aromatic carbocycles. The normalized spacial score (nSPS) is 12.9. The average molecular weight is 134 g/mol. The van der Waals surface area contributed by atoms with Crippen molar-refractivity contribution in [2.45, 2.75) is 0 Å². The zero-order valence-corrected chi connectivity index (χ0v) is 6.27. The summed E-state index contributed by atoms with van der Waals surface area (Å²) in [6.07, 6.45) is 0. The van der Waals surface area contributed by atoms with Gasteiger partial charge in [-0.2, -0.15) is 0 Å². The summed E-state index contributed by atoms with van der Waals surface area (Å²) in [5.41, 5.74) is 0. The maximum absolute atomic E-state index is 10.7. The van der Waals surface area contributed by atoms with Gasteiger partial charge in [0.25, 0.3) is 0 Å². The number of nitrogens with one attached hydrogen (secondary N) is 1. The monoisotopic (exact) mass is 134 g/mol. The first kappa shape index (κ1) is 8.05. The minimum absolute atomic E-state index is 1.29. The highest BCUT2D eigenvalue weighted by Crippen LogP contribution is 2.08. The van der Waals surface area contributed by atoms with E-state index < -0.39 is 7.92 Å². The van der Waals surface area contributed by atoms with Gasteiger partial charge in [0.15, 0.2) is 13.8 Å². The molecule has 0 fully saturated rings. The van der Waals surface area contributed by atoms with Crippen molar-refractivity contribution in [3.63, 3.8) is 0 Å². The first-order valence-corrected chi connectivity index (χ1v) is 3.61. The largest absolute Gasteiger partial charge is 0.613 e. The smallest absolute Gasteiger partial charge is 0.168 e. The fourth-order valence-corrected chi connectivity index (χ4v) is 0.678. The molecular weight excluding hydrogens is 123 g/mol. The summed E-state index contributed by atoms with van der Waals surface area (Å²) in [6, 6.07) is 0. The molecule has 0 aliphatic rings. The van der Waals surface area contributed by atoms with Crippen LogP contribution < -0.4 is 10.2 Å². The molecule has 8 heavy (non-hydrogen) atoms. The molecule has 0 heterocycles. The standard InChI is InChI=1S/C4H11N2OP/c1-5-4-8(7)6(2)3/h4-5H,1-3H3. The number of nitrogens with zero attached hydrogens (tertiary/aromatic N) is 1. The zero-order chi connectivity index (χ0) is 6.57. The molecule has 0 saturated carbocycles. The Morgan fingerprint density at radius 3 is 2.25 bits per heavy atom. The molecule has 0 rings (SSSR count). The first-order valence-electron chi connectivity index (χ1n) is 2.32. The molecule has 0 saturated heterocycles. The zero-order valence-electron chi connectivity index (χ0n) is 5.38. The summed E-state index contributed by atoms with van der Waals surface area (Å²) in [6.45, 7) is 0. The van der Waals surface area contributed by atoms with Crippen LogP contribution in [0.15, 0.2) is 0 Å². The van der Waals surface area contributed by atoms with Gasteiger partial charge in [0, 0.05) is 14.1 Å². The molecule has 0 aliphatic heterocycles. The Bertz CT molecular complexity index is 92.0. The summed E-state index contributed by atoms with van der Waals surface area (Å²) >= 11 is 0. The van der Waals surface area contributed by atoms with E-state index in [2.05, 4.69) is 5.32 Å². The molecule has 0 aromatic heterocycles. The van der Waals surface area contributed by atoms with Gasteiger partial charge in [0.1, 0.15) is 0 Å². The Balaban J connectivity index is 3.61. The van der Waals surface area contributed by atoms with Gasteiger partial charge in [-0.05, 0) is 7.05 Å². The number of hydrogen-bond acceptors (Lipinski definition) is 2. The molecule has 3 nitrogen and oxygen atoms in total. The lowest BCUT2D eigenvalue weighted by atomic mass is 11.3. The summed E-state index contributed by atoms with van der Waals surface area (Å²) in [5.74, 6) is 1.55. The van der Waals surface area contributed by atoms with E-state index in [-0.39, 0.29) is 0 Å². The highest BCUT2D eigenvalue weighted by Gasteiger charge is 1.94. The molecule has 1 unspecified atom stereocenters. The second kappa shape index (κ2) is 3.98. The lowest BCUT2D eigenvalue weighted by Crippen LogP contribution is -2.13. The first-order chi connectivity index (χ1) is 3.68. The van der Waals surface area contributed by atoms with E-state index in [1.807, 2.05) is 0 Å². The minimum Gasteiger partial charge on any atom is -0.613 e. The maximum atomic E-state index is 10.7. The van der Waals surface area contributed by atoms with E-state index in [4.69, 9.17) is 0 Å². The molecule has 1 N–H and O–H groups in total. The topological polar surface area (TPSA) is 38.3 Å². The van der Waals surface area contributed by atoms with E-state index in [0.717, 1.165) is 0 Å². The predicted octanol–water partition coefficient (Wildman–Crippen LogP) is -0.801. The van der Waals surface area contributed by atoms with Crippen LogP contribution in [0.1, 0.15) is 0 Å². The van der Waals surface area contributed by atoms with Crippen molar-refractivity contribution in [1.29, 1.82) is 0 Å². The Morgan fingerprint density at radius 1 is 1.62 bits per heavy atom. The van der Waals surface area contributed by atoms with Crippen molar-refractivity contribution < 1.29 is 4.89 Å². The van der Waals surface area contributed by atoms with Gasteiger partial charge in [-0.25, -0.2) is 0 Å². The van der Waals surface area contributed by atoms with Crippen LogP contribution in [0.2, 0.25) is 0 Å². The van der Waals surface area contributed by atoms with Crippen LogP contribution in [0, 0.1) is 0 Å². The Labute approximate surface area is 50.8 Å². The van der Waals surface area contributed by atoms with Crippen molar-refractivity contribution in [2.75, 3.05) is 21.1 Å². The third-order valence-electron chi connectivity index (χ3n) is 0.634. The molecule has 0 bridgehead atoms. The van der Waals surface area contributed by atoms with E-state index in [9.17, 15) is 4.89 Å². The lowest BCUT2D eigenvalue weighted by Gasteiger charge is -2.02.